The minimum absolute atomic E-state index is 0.171. The van der Waals surface area contributed by atoms with Crippen molar-refractivity contribution in [3.8, 4) is 0 Å². The molecule has 0 spiro atoms. The van der Waals surface area contributed by atoms with Crippen LogP contribution in [0.4, 0.5) is 0 Å². The quantitative estimate of drug-likeness (QED) is 0.706. The Morgan fingerprint density at radius 3 is 2.57 bits per heavy atom. The summed E-state index contributed by atoms with van der Waals surface area (Å²) in [6.07, 6.45) is 2.79. The molecule has 0 aliphatic carbocycles. The van der Waals surface area contributed by atoms with Crippen LogP contribution in [-0.4, -0.2) is 22.9 Å². The Bertz CT molecular complexity index is 575. The predicted molar refractivity (Wildman–Crippen MR) is 49.4 cm³/mol. The lowest BCUT2D eigenvalue weighted by molar-refractivity contribution is 0.484. The van der Waals surface area contributed by atoms with E-state index in [1.165, 1.54) is 18.5 Å². The van der Waals surface area contributed by atoms with Gasteiger partial charge in [0.05, 0.1) is 0 Å². The molecule has 1 N–H and O–H groups in total. The number of nitrogens with zero attached hydrogens (tertiary/aromatic N) is 2. The van der Waals surface area contributed by atoms with Gasteiger partial charge in [0, 0.05) is 17.8 Å². The highest BCUT2D eigenvalue weighted by molar-refractivity contribution is 7.86. The smallest absolute Gasteiger partial charge is 0.282 e. The van der Waals surface area contributed by atoms with Crippen LogP contribution in [0.3, 0.4) is 0 Å². The molecule has 2 aromatic heterocycles. The van der Waals surface area contributed by atoms with Gasteiger partial charge in [-0.25, -0.2) is 9.97 Å². The van der Waals surface area contributed by atoms with Crippen molar-refractivity contribution in [1.82, 2.24) is 9.97 Å². The van der Waals surface area contributed by atoms with Crippen LogP contribution < -0.4 is 0 Å². The highest BCUT2D eigenvalue weighted by Gasteiger charge is 2.13. The van der Waals surface area contributed by atoms with E-state index in [1.54, 1.807) is 12.1 Å². The molecular formula is C8H6N2O3S. The van der Waals surface area contributed by atoms with Crippen LogP contribution in [-0.2, 0) is 10.1 Å². The molecule has 0 unspecified atom stereocenters. The largest absolute Gasteiger partial charge is 0.295 e. The van der Waals surface area contributed by atoms with E-state index in [-0.39, 0.29) is 4.90 Å². The van der Waals surface area contributed by atoms with Gasteiger partial charge in [0.25, 0.3) is 10.1 Å². The summed E-state index contributed by atoms with van der Waals surface area (Å²) >= 11 is 0. The fraction of sp³-hybridized carbons (Fsp3) is 0. The van der Waals surface area contributed by atoms with Crippen LogP contribution in [0.1, 0.15) is 0 Å². The van der Waals surface area contributed by atoms with Crippen LogP contribution >= 0.6 is 0 Å². The minimum Gasteiger partial charge on any atom is -0.282 e. The first kappa shape index (κ1) is 9.04. The maximum Gasteiger partial charge on any atom is 0.295 e. The summed E-state index contributed by atoms with van der Waals surface area (Å²) in [5.41, 5.74) is 0.294. The Morgan fingerprint density at radius 2 is 1.86 bits per heavy atom. The maximum atomic E-state index is 10.9. The summed E-state index contributed by atoms with van der Waals surface area (Å²) in [5.74, 6) is 0. The molecule has 0 amide bonds. The average molecular weight is 210 g/mol. The van der Waals surface area contributed by atoms with Crippen LogP contribution in [0.25, 0.3) is 11.0 Å². The number of fused-ring (bicyclic) bond motifs is 1. The Kier molecular flexibility index (Phi) is 1.94. The molecule has 0 saturated heterocycles. The molecule has 6 heteroatoms. The lowest BCUT2D eigenvalue weighted by Crippen LogP contribution is -2.00. The van der Waals surface area contributed by atoms with Crippen LogP contribution in [0.5, 0.6) is 0 Å². The second-order valence-electron chi connectivity index (χ2n) is 2.66. The molecule has 14 heavy (non-hydrogen) atoms. The van der Waals surface area contributed by atoms with Crippen molar-refractivity contribution in [2.75, 3.05) is 0 Å². The number of hydrogen-bond acceptors (Lipinski definition) is 4. The molecule has 5 nitrogen and oxygen atoms in total. The normalized spacial score (nSPS) is 11.8. The van der Waals surface area contributed by atoms with E-state index >= 15 is 0 Å². The average Bonchev–Trinajstić information content (AvgIpc) is 2.15. The van der Waals surface area contributed by atoms with E-state index in [9.17, 15) is 8.42 Å². The zero-order valence-electron chi connectivity index (χ0n) is 6.95. The molecule has 0 aromatic carbocycles. The number of hydrogen-bond donors (Lipinski definition) is 1. The van der Waals surface area contributed by atoms with Crippen molar-refractivity contribution < 1.29 is 13.0 Å². The third-order valence-corrected chi connectivity index (χ3v) is 2.66. The molecule has 72 valence electrons. The third-order valence-electron chi connectivity index (χ3n) is 1.75. The van der Waals surface area contributed by atoms with Crippen molar-refractivity contribution in [3.63, 3.8) is 0 Å². The fourth-order valence-corrected chi connectivity index (χ4v) is 1.85. The van der Waals surface area contributed by atoms with Gasteiger partial charge in [0.1, 0.15) is 4.90 Å². The number of pyridine rings is 2. The molecule has 2 heterocycles. The van der Waals surface area contributed by atoms with E-state index in [0.29, 0.717) is 11.0 Å². The van der Waals surface area contributed by atoms with Gasteiger partial charge < -0.3 is 0 Å². The first-order valence-corrected chi connectivity index (χ1v) is 5.20. The van der Waals surface area contributed by atoms with Gasteiger partial charge in [-0.1, -0.05) is 0 Å². The SMILES string of the molecule is O=S(=O)(O)c1ccnc2ncccc12. The Hall–Kier alpha value is -1.53. The Labute approximate surface area is 80.2 Å². The third kappa shape index (κ3) is 1.45. The minimum atomic E-state index is -4.21. The lowest BCUT2D eigenvalue weighted by atomic mass is 10.3. The fourth-order valence-electron chi connectivity index (χ4n) is 1.18. The van der Waals surface area contributed by atoms with Gasteiger partial charge in [-0.2, -0.15) is 8.42 Å². The second-order valence-corrected chi connectivity index (χ2v) is 4.05. The van der Waals surface area contributed by atoms with Crippen molar-refractivity contribution in [2.45, 2.75) is 4.90 Å². The summed E-state index contributed by atoms with van der Waals surface area (Å²) in [6.45, 7) is 0. The summed E-state index contributed by atoms with van der Waals surface area (Å²) < 4.78 is 30.8. The highest BCUT2D eigenvalue weighted by atomic mass is 32.2. The van der Waals surface area contributed by atoms with E-state index in [4.69, 9.17) is 4.55 Å². The van der Waals surface area contributed by atoms with Crippen molar-refractivity contribution >= 4 is 21.2 Å². The monoisotopic (exact) mass is 210 g/mol. The van der Waals surface area contributed by atoms with Crippen molar-refractivity contribution in [3.05, 3.63) is 30.6 Å². The molecule has 2 rings (SSSR count). The zero-order valence-corrected chi connectivity index (χ0v) is 7.77. The first-order valence-electron chi connectivity index (χ1n) is 3.76. The molecule has 0 fully saturated rings. The molecule has 0 radical (unpaired) electrons. The second kappa shape index (κ2) is 3.00. The molecule has 0 aliphatic heterocycles. The summed E-state index contributed by atoms with van der Waals surface area (Å²) in [7, 11) is -4.21. The van der Waals surface area contributed by atoms with Crippen LogP contribution in [0.2, 0.25) is 0 Å². The van der Waals surface area contributed by atoms with Gasteiger partial charge in [0.15, 0.2) is 5.65 Å². The maximum absolute atomic E-state index is 10.9. The van der Waals surface area contributed by atoms with Crippen LogP contribution in [0, 0.1) is 0 Å². The predicted octanol–water partition coefficient (Wildman–Crippen LogP) is 0.877. The van der Waals surface area contributed by atoms with E-state index in [1.807, 2.05) is 0 Å². The van der Waals surface area contributed by atoms with Crippen molar-refractivity contribution in [1.29, 1.82) is 0 Å². The highest BCUT2D eigenvalue weighted by Crippen LogP contribution is 2.18. The summed E-state index contributed by atoms with van der Waals surface area (Å²) in [6, 6.07) is 4.36. The first-order chi connectivity index (χ1) is 6.59. The van der Waals surface area contributed by atoms with E-state index < -0.39 is 10.1 Å². The number of rotatable bonds is 1. The number of aromatic nitrogens is 2. The van der Waals surface area contributed by atoms with Gasteiger partial charge in [-0.3, -0.25) is 4.55 Å². The summed E-state index contributed by atoms with van der Waals surface area (Å²) in [5, 5.41) is 0.317. The van der Waals surface area contributed by atoms with E-state index in [0.717, 1.165) is 0 Å². The molecule has 2 aromatic rings. The van der Waals surface area contributed by atoms with Crippen molar-refractivity contribution in [2.24, 2.45) is 0 Å². The zero-order chi connectivity index (χ0) is 10.2. The lowest BCUT2D eigenvalue weighted by Gasteiger charge is -2.00. The molecule has 0 bridgehead atoms. The molecular weight excluding hydrogens is 204 g/mol. The topological polar surface area (TPSA) is 80.2 Å². The molecule has 0 atom stereocenters. The van der Waals surface area contributed by atoms with Gasteiger partial charge >= 0.3 is 0 Å². The van der Waals surface area contributed by atoms with Gasteiger partial charge in [-0.05, 0) is 18.2 Å². The Morgan fingerprint density at radius 1 is 1.14 bits per heavy atom. The summed E-state index contributed by atoms with van der Waals surface area (Å²) in [4.78, 5) is 7.57. The molecule has 0 aliphatic rings. The molecule has 0 saturated carbocycles. The standard InChI is InChI=1S/C8H6N2O3S/c11-14(12,13)7-3-5-10-8-6(7)2-1-4-9-8/h1-5H,(H,11,12,13). The van der Waals surface area contributed by atoms with Gasteiger partial charge in [0.2, 0.25) is 0 Å². The van der Waals surface area contributed by atoms with E-state index in [2.05, 4.69) is 9.97 Å². The Balaban J connectivity index is 2.92. The van der Waals surface area contributed by atoms with Gasteiger partial charge in [-0.15, -0.1) is 0 Å². The van der Waals surface area contributed by atoms with Crippen LogP contribution in [0.15, 0.2) is 35.5 Å².